The van der Waals surface area contributed by atoms with Crippen LogP contribution in [0.15, 0.2) is 47.2 Å². The predicted molar refractivity (Wildman–Crippen MR) is 116 cm³/mol. The van der Waals surface area contributed by atoms with Gasteiger partial charge in [0.15, 0.2) is 0 Å². The normalized spacial score (nSPS) is 14.1. The van der Waals surface area contributed by atoms with Gasteiger partial charge in [-0.1, -0.05) is 23.4 Å². The van der Waals surface area contributed by atoms with E-state index in [-0.39, 0.29) is 5.91 Å². The van der Waals surface area contributed by atoms with E-state index in [0.717, 1.165) is 49.0 Å². The van der Waals surface area contributed by atoms with Crippen LogP contribution in [0.25, 0.3) is 0 Å². The van der Waals surface area contributed by atoms with Crippen LogP contribution in [0.2, 0.25) is 0 Å². The molecule has 1 N–H and O–H groups in total. The van der Waals surface area contributed by atoms with Crippen molar-refractivity contribution < 1.29 is 9.32 Å². The summed E-state index contributed by atoms with van der Waals surface area (Å²) in [7, 11) is 0. The first-order chi connectivity index (χ1) is 14.6. The molecule has 0 saturated carbocycles. The second kappa shape index (κ2) is 8.94. The number of aromatic nitrogens is 3. The number of aryl methyl sites for hydroxylation is 2. The smallest absolute Gasteiger partial charge is 0.225 e. The molecule has 3 aromatic rings. The Labute approximate surface area is 175 Å². The van der Waals surface area contributed by atoms with Gasteiger partial charge in [-0.2, -0.15) is 0 Å². The van der Waals surface area contributed by atoms with Gasteiger partial charge in [-0.25, -0.2) is 9.97 Å². The molecule has 156 valence electrons. The molecule has 1 aliphatic rings. The Kier molecular flexibility index (Phi) is 5.92. The lowest BCUT2D eigenvalue weighted by atomic mass is 10.1. The number of hydrogen-bond acceptors (Lipinski definition) is 7. The number of para-hydroxylation sites is 1. The second-order valence-corrected chi connectivity index (χ2v) is 7.42. The second-order valence-electron chi connectivity index (χ2n) is 7.42. The van der Waals surface area contributed by atoms with Crippen LogP contribution >= 0.6 is 0 Å². The minimum atomic E-state index is -0.0893. The number of benzene rings is 1. The Morgan fingerprint density at radius 3 is 2.50 bits per heavy atom. The van der Waals surface area contributed by atoms with Gasteiger partial charge in [-0.05, 0) is 32.4 Å². The van der Waals surface area contributed by atoms with Gasteiger partial charge >= 0.3 is 0 Å². The molecule has 0 bridgehead atoms. The van der Waals surface area contributed by atoms with Crippen LogP contribution < -0.4 is 15.1 Å². The Morgan fingerprint density at radius 2 is 1.80 bits per heavy atom. The number of carbonyl (C=O) groups is 1. The summed E-state index contributed by atoms with van der Waals surface area (Å²) in [5.74, 6) is 2.03. The zero-order valence-electron chi connectivity index (χ0n) is 17.3. The van der Waals surface area contributed by atoms with Crippen LogP contribution in [0.4, 0.5) is 17.3 Å². The van der Waals surface area contributed by atoms with Gasteiger partial charge in [0.2, 0.25) is 5.91 Å². The lowest BCUT2D eigenvalue weighted by Gasteiger charge is -2.36. The van der Waals surface area contributed by atoms with Gasteiger partial charge in [0, 0.05) is 49.9 Å². The fraction of sp³-hybridized carbons (Fsp3) is 0.364. The zero-order valence-corrected chi connectivity index (χ0v) is 17.3. The van der Waals surface area contributed by atoms with Crippen molar-refractivity contribution in [2.75, 3.05) is 41.3 Å². The summed E-state index contributed by atoms with van der Waals surface area (Å²) in [5, 5.41) is 6.81. The summed E-state index contributed by atoms with van der Waals surface area (Å²) in [6.45, 7) is 7.33. The molecule has 0 unspecified atom stereocenters. The molecule has 1 aromatic carbocycles. The third kappa shape index (κ3) is 4.59. The molecule has 0 atom stereocenters. The van der Waals surface area contributed by atoms with Crippen molar-refractivity contribution in [1.82, 2.24) is 15.1 Å². The lowest BCUT2D eigenvalue weighted by molar-refractivity contribution is -0.116. The molecule has 8 nitrogen and oxygen atoms in total. The SMILES string of the molecule is Cc1noc(C)c1CCC(=O)Nc1cc(N2CCN(c3ccccc3)CC2)ncn1. The molecule has 30 heavy (non-hydrogen) atoms. The van der Waals surface area contributed by atoms with Crippen LogP contribution in [0.1, 0.15) is 23.4 Å². The summed E-state index contributed by atoms with van der Waals surface area (Å²) >= 11 is 0. The first-order valence-corrected chi connectivity index (χ1v) is 10.2. The van der Waals surface area contributed by atoms with E-state index in [9.17, 15) is 4.79 Å². The standard InChI is InChI=1S/C22H26N6O2/c1-16-19(17(2)30-26-16)8-9-22(29)25-20-14-21(24-15-23-20)28-12-10-27(11-13-28)18-6-4-3-5-7-18/h3-7,14-15H,8-13H2,1-2H3,(H,23,24,25,29). The van der Waals surface area contributed by atoms with Gasteiger partial charge in [-0.3, -0.25) is 4.79 Å². The Bertz CT molecular complexity index is 976. The average molecular weight is 406 g/mol. The van der Waals surface area contributed by atoms with Gasteiger partial charge < -0.3 is 19.6 Å². The summed E-state index contributed by atoms with van der Waals surface area (Å²) in [5.41, 5.74) is 3.06. The lowest BCUT2D eigenvalue weighted by Crippen LogP contribution is -2.46. The van der Waals surface area contributed by atoms with E-state index in [0.29, 0.717) is 18.7 Å². The molecule has 4 rings (SSSR count). The fourth-order valence-corrected chi connectivity index (χ4v) is 3.72. The van der Waals surface area contributed by atoms with Gasteiger partial charge in [0.25, 0.3) is 0 Å². The third-order valence-electron chi connectivity index (χ3n) is 5.43. The average Bonchev–Trinajstić information content (AvgIpc) is 3.10. The first-order valence-electron chi connectivity index (χ1n) is 10.2. The summed E-state index contributed by atoms with van der Waals surface area (Å²) < 4.78 is 5.15. The number of nitrogens with one attached hydrogen (secondary N) is 1. The maximum absolute atomic E-state index is 12.4. The molecule has 2 aromatic heterocycles. The predicted octanol–water partition coefficient (Wildman–Crippen LogP) is 2.98. The van der Waals surface area contributed by atoms with E-state index in [4.69, 9.17) is 4.52 Å². The van der Waals surface area contributed by atoms with E-state index in [2.05, 4.69) is 54.5 Å². The van der Waals surface area contributed by atoms with Crippen LogP contribution in [-0.2, 0) is 11.2 Å². The molecule has 3 heterocycles. The number of amides is 1. The number of nitrogens with zero attached hydrogens (tertiary/aromatic N) is 5. The Balaban J connectivity index is 1.32. The zero-order chi connectivity index (χ0) is 20.9. The summed E-state index contributed by atoms with van der Waals surface area (Å²) in [6.07, 6.45) is 2.44. The van der Waals surface area contributed by atoms with E-state index in [1.165, 1.54) is 12.0 Å². The maximum Gasteiger partial charge on any atom is 0.225 e. The highest BCUT2D eigenvalue weighted by atomic mass is 16.5. The van der Waals surface area contributed by atoms with Crippen LogP contribution in [0.5, 0.6) is 0 Å². The van der Waals surface area contributed by atoms with Gasteiger partial charge in [0.1, 0.15) is 23.7 Å². The van der Waals surface area contributed by atoms with Crippen LogP contribution in [-0.4, -0.2) is 47.2 Å². The maximum atomic E-state index is 12.4. The molecular formula is C22H26N6O2. The van der Waals surface area contributed by atoms with Crippen molar-refractivity contribution in [1.29, 1.82) is 0 Å². The number of piperazine rings is 1. The van der Waals surface area contributed by atoms with Crippen LogP contribution in [0.3, 0.4) is 0 Å². The topological polar surface area (TPSA) is 87.4 Å². The van der Waals surface area contributed by atoms with E-state index in [1.54, 1.807) is 0 Å². The van der Waals surface area contributed by atoms with Gasteiger partial charge in [-0.15, -0.1) is 0 Å². The van der Waals surface area contributed by atoms with Crippen molar-refractivity contribution in [2.24, 2.45) is 0 Å². The van der Waals surface area contributed by atoms with Crippen molar-refractivity contribution in [3.8, 4) is 0 Å². The highest BCUT2D eigenvalue weighted by Crippen LogP contribution is 2.20. The first kappa shape index (κ1) is 19.9. The van der Waals surface area contributed by atoms with E-state index >= 15 is 0 Å². The Morgan fingerprint density at radius 1 is 1.07 bits per heavy atom. The molecule has 1 fully saturated rings. The highest BCUT2D eigenvalue weighted by molar-refractivity contribution is 5.90. The third-order valence-corrected chi connectivity index (χ3v) is 5.43. The molecule has 1 saturated heterocycles. The summed E-state index contributed by atoms with van der Waals surface area (Å²) in [6, 6.07) is 12.3. The quantitative estimate of drug-likeness (QED) is 0.673. The van der Waals surface area contributed by atoms with Crippen molar-refractivity contribution in [3.05, 3.63) is 59.7 Å². The minimum Gasteiger partial charge on any atom is -0.368 e. The van der Waals surface area contributed by atoms with Crippen molar-refractivity contribution >= 4 is 23.2 Å². The molecule has 1 amide bonds. The molecule has 1 aliphatic heterocycles. The van der Waals surface area contributed by atoms with Gasteiger partial charge in [0.05, 0.1) is 5.69 Å². The molecular weight excluding hydrogens is 380 g/mol. The number of carbonyl (C=O) groups excluding carboxylic acids is 1. The number of hydrogen-bond donors (Lipinski definition) is 1. The number of anilines is 3. The largest absolute Gasteiger partial charge is 0.368 e. The highest BCUT2D eigenvalue weighted by Gasteiger charge is 2.19. The van der Waals surface area contributed by atoms with E-state index in [1.807, 2.05) is 26.0 Å². The van der Waals surface area contributed by atoms with Crippen molar-refractivity contribution in [2.45, 2.75) is 26.7 Å². The van der Waals surface area contributed by atoms with Crippen LogP contribution in [0, 0.1) is 13.8 Å². The van der Waals surface area contributed by atoms with Crippen molar-refractivity contribution in [3.63, 3.8) is 0 Å². The monoisotopic (exact) mass is 406 g/mol. The number of rotatable bonds is 6. The molecule has 0 spiro atoms. The fourth-order valence-electron chi connectivity index (χ4n) is 3.72. The Hall–Kier alpha value is -3.42. The molecule has 0 radical (unpaired) electrons. The molecule has 0 aliphatic carbocycles. The molecule has 8 heteroatoms. The van der Waals surface area contributed by atoms with E-state index < -0.39 is 0 Å². The minimum absolute atomic E-state index is 0.0893. The summed E-state index contributed by atoms with van der Waals surface area (Å²) in [4.78, 5) is 25.6.